The molecule has 2 amide bonds. The Bertz CT molecular complexity index is 731. The lowest BCUT2D eigenvalue weighted by Gasteiger charge is -2.56. The normalized spacial score (nSPS) is 30.4. The van der Waals surface area contributed by atoms with Gasteiger partial charge in [-0.05, 0) is 86.0 Å². The van der Waals surface area contributed by atoms with E-state index >= 15 is 0 Å². The first kappa shape index (κ1) is 17.8. The molecule has 1 aromatic carbocycles. The molecule has 0 spiro atoms. The van der Waals surface area contributed by atoms with Gasteiger partial charge in [0.1, 0.15) is 5.75 Å². The summed E-state index contributed by atoms with van der Waals surface area (Å²) >= 11 is 0. The van der Waals surface area contributed by atoms with Crippen LogP contribution in [0, 0.1) is 34.5 Å². The van der Waals surface area contributed by atoms with Gasteiger partial charge in [-0.2, -0.15) is 5.26 Å². The van der Waals surface area contributed by atoms with E-state index in [-0.39, 0.29) is 17.9 Å². The highest BCUT2D eigenvalue weighted by atomic mass is 16.5. The quantitative estimate of drug-likeness (QED) is 0.783. The lowest BCUT2D eigenvalue weighted by molar-refractivity contribution is -0.134. The number of hydrogen-bond acceptors (Lipinski definition) is 4. The van der Waals surface area contributed by atoms with Crippen molar-refractivity contribution in [3.63, 3.8) is 0 Å². The topological polar surface area (TPSA) is 91.2 Å². The molecule has 0 saturated heterocycles. The standard InChI is InChI=1S/C21H25N3O3/c22-12-14-1-3-18(4-2-14)27-13-20(26)24-23-19(25)11-21-8-15-5-16(9-21)7-17(6-15)10-21/h1-4,15-17H,5-11,13H2,(H,23,25)(H,24,26). The fourth-order valence-corrected chi connectivity index (χ4v) is 5.84. The Morgan fingerprint density at radius 3 is 2.11 bits per heavy atom. The van der Waals surface area contributed by atoms with Gasteiger partial charge in [-0.15, -0.1) is 0 Å². The summed E-state index contributed by atoms with van der Waals surface area (Å²) in [7, 11) is 0. The number of carbonyl (C=O) groups excluding carboxylic acids is 2. The van der Waals surface area contributed by atoms with E-state index in [1.54, 1.807) is 24.3 Å². The third kappa shape index (κ3) is 4.08. The number of hydrogen-bond donors (Lipinski definition) is 2. The van der Waals surface area contributed by atoms with E-state index in [1.807, 2.05) is 6.07 Å². The average molecular weight is 367 g/mol. The number of hydrazine groups is 1. The van der Waals surface area contributed by atoms with E-state index in [0.29, 0.717) is 17.7 Å². The Balaban J connectivity index is 1.21. The Morgan fingerprint density at radius 1 is 1.00 bits per heavy atom. The summed E-state index contributed by atoms with van der Waals surface area (Å²) < 4.78 is 5.36. The van der Waals surface area contributed by atoms with Crippen molar-refractivity contribution in [1.82, 2.24) is 10.9 Å². The minimum Gasteiger partial charge on any atom is -0.484 e. The molecular weight excluding hydrogens is 342 g/mol. The minimum atomic E-state index is -0.404. The smallest absolute Gasteiger partial charge is 0.276 e. The summed E-state index contributed by atoms with van der Waals surface area (Å²) in [6, 6.07) is 8.55. The molecule has 4 aliphatic carbocycles. The van der Waals surface area contributed by atoms with Gasteiger partial charge in [0.05, 0.1) is 11.6 Å². The summed E-state index contributed by atoms with van der Waals surface area (Å²) in [6.07, 6.45) is 8.07. The van der Waals surface area contributed by atoms with Gasteiger partial charge in [0.15, 0.2) is 6.61 Å². The lowest BCUT2D eigenvalue weighted by atomic mass is 9.49. The van der Waals surface area contributed by atoms with Gasteiger partial charge in [0, 0.05) is 6.42 Å². The van der Waals surface area contributed by atoms with Crippen LogP contribution < -0.4 is 15.6 Å². The van der Waals surface area contributed by atoms with Gasteiger partial charge in [0.25, 0.3) is 5.91 Å². The Labute approximate surface area is 159 Å². The molecule has 5 rings (SSSR count). The van der Waals surface area contributed by atoms with Gasteiger partial charge in [-0.25, -0.2) is 0 Å². The van der Waals surface area contributed by atoms with Crippen molar-refractivity contribution in [2.75, 3.05) is 6.61 Å². The van der Waals surface area contributed by atoms with E-state index in [0.717, 1.165) is 17.8 Å². The number of nitrogens with zero attached hydrogens (tertiary/aromatic N) is 1. The molecule has 6 nitrogen and oxygen atoms in total. The third-order valence-electron chi connectivity index (χ3n) is 6.40. The van der Waals surface area contributed by atoms with Gasteiger partial charge >= 0.3 is 0 Å². The summed E-state index contributed by atoms with van der Waals surface area (Å²) in [5.74, 6) is 2.41. The molecule has 0 aliphatic heterocycles. The lowest BCUT2D eigenvalue weighted by Crippen LogP contribution is -2.50. The number of carbonyl (C=O) groups is 2. The Hall–Kier alpha value is -2.55. The molecule has 0 heterocycles. The number of benzene rings is 1. The van der Waals surface area contributed by atoms with Crippen molar-refractivity contribution < 1.29 is 14.3 Å². The predicted molar refractivity (Wildman–Crippen MR) is 98.2 cm³/mol. The molecule has 1 aromatic rings. The van der Waals surface area contributed by atoms with Crippen LogP contribution in [-0.4, -0.2) is 18.4 Å². The zero-order chi connectivity index (χ0) is 18.9. The van der Waals surface area contributed by atoms with Crippen molar-refractivity contribution in [2.24, 2.45) is 23.2 Å². The van der Waals surface area contributed by atoms with Crippen LogP contribution in [0.5, 0.6) is 5.75 Å². The second kappa shape index (κ2) is 7.22. The summed E-state index contributed by atoms with van der Waals surface area (Å²) in [5.41, 5.74) is 5.68. The molecule has 4 aliphatic rings. The molecule has 4 bridgehead atoms. The van der Waals surface area contributed by atoms with Gasteiger partial charge in [-0.1, -0.05) is 0 Å². The SMILES string of the molecule is N#Cc1ccc(OCC(=O)NNC(=O)CC23CC4CC(CC(C4)C2)C3)cc1. The monoisotopic (exact) mass is 367 g/mol. The number of rotatable bonds is 5. The van der Waals surface area contributed by atoms with Crippen molar-refractivity contribution >= 4 is 11.8 Å². The van der Waals surface area contributed by atoms with Crippen LogP contribution >= 0.6 is 0 Å². The van der Waals surface area contributed by atoms with Crippen LogP contribution in [0.2, 0.25) is 0 Å². The zero-order valence-electron chi connectivity index (χ0n) is 15.4. The van der Waals surface area contributed by atoms with Gasteiger partial charge in [0.2, 0.25) is 5.91 Å². The number of nitriles is 1. The molecule has 0 atom stereocenters. The van der Waals surface area contributed by atoms with E-state index in [1.165, 1.54) is 38.5 Å². The van der Waals surface area contributed by atoms with Gasteiger partial charge in [-0.3, -0.25) is 20.4 Å². The molecule has 0 unspecified atom stereocenters. The maximum absolute atomic E-state index is 12.4. The van der Waals surface area contributed by atoms with Crippen molar-refractivity contribution in [3.05, 3.63) is 29.8 Å². The van der Waals surface area contributed by atoms with E-state index in [9.17, 15) is 9.59 Å². The number of ether oxygens (including phenoxy) is 1. The highest BCUT2D eigenvalue weighted by Crippen LogP contribution is 2.61. The van der Waals surface area contributed by atoms with E-state index in [4.69, 9.17) is 10.00 Å². The van der Waals surface area contributed by atoms with Crippen molar-refractivity contribution in [1.29, 1.82) is 5.26 Å². The van der Waals surface area contributed by atoms with Crippen LogP contribution in [0.25, 0.3) is 0 Å². The first-order chi connectivity index (χ1) is 13.0. The molecular formula is C21H25N3O3. The van der Waals surface area contributed by atoms with Crippen LogP contribution in [0.3, 0.4) is 0 Å². The van der Waals surface area contributed by atoms with Crippen LogP contribution in [0.15, 0.2) is 24.3 Å². The van der Waals surface area contributed by atoms with Crippen LogP contribution in [0.1, 0.15) is 50.5 Å². The van der Waals surface area contributed by atoms with Crippen LogP contribution in [0.4, 0.5) is 0 Å². The maximum Gasteiger partial charge on any atom is 0.276 e. The molecule has 0 radical (unpaired) electrons. The summed E-state index contributed by atoms with van der Waals surface area (Å²) in [5, 5.41) is 8.76. The van der Waals surface area contributed by atoms with E-state index in [2.05, 4.69) is 10.9 Å². The first-order valence-electron chi connectivity index (χ1n) is 9.74. The molecule has 0 aromatic heterocycles. The minimum absolute atomic E-state index is 0.108. The summed E-state index contributed by atoms with van der Waals surface area (Å²) in [6.45, 7) is -0.191. The fraction of sp³-hybridized carbons (Fsp3) is 0.571. The second-order valence-corrected chi connectivity index (χ2v) is 8.62. The highest BCUT2D eigenvalue weighted by Gasteiger charge is 2.51. The first-order valence-corrected chi connectivity index (χ1v) is 9.74. The molecule has 142 valence electrons. The number of nitrogens with one attached hydrogen (secondary N) is 2. The Kier molecular flexibility index (Phi) is 4.77. The molecule has 2 N–H and O–H groups in total. The summed E-state index contributed by atoms with van der Waals surface area (Å²) in [4.78, 5) is 24.3. The van der Waals surface area contributed by atoms with Crippen molar-refractivity contribution in [3.8, 4) is 11.8 Å². The molecule has 6 heteroatoms. The molecule has 4 fully saturated rings. The maximum atomic E-state index is 12.4. The molecule has 27 heavy (non-hydrogen) atoms. The average Bonchev–Trinajstić information content (AvgIpc) is 2.63. The van der Waals surface area contributed by atoms with Crippen molar-refractivity contribution in [2.45, 2.75) is 44.9 Å². The van der Waals surface area contributed by atoms with E-state index < -0.39 is 5.91 Å². The zero-order valence-corrected chi connectivity index (χ0v) is 15.4. The largest absolute Gasteiger partial charge is 0.484 e. The fourth-order valence-electron chi connectivity index (χ4n) is 5.84. The predicted octanol–water partition coefficient (Wildman–Crippen LogP) is 2.69. The Morgan fingerprint density at radius 2 is 1.56 bits per heavy atom. The van der Waals surface area contributed by atoms with Gasteiger partial charge < -0.3 is 4.74 Å². The highest BCUT2D eigenvalue weighted by molar-refractivity contribution is 5.83. The van der Waals surface area contributed by atoms with Crippen LogP contribution in [-0.2, 0) is 9.59 Å². The molecule has 4 saturated carbocycles. The second-order valence-electron chi connectivity index (χ2n) is 8.62. The number of amides is 2. The third-order valence-corrected chi connectivity index (χ3v) is 6.40.